The van der Waals surface area contributed by atoms with Crippen LogP contribution in [0.4, 0.5) is 11.8 Å². The van der Waals surface area contributed by atoms with Crippen molar-refractivity contribution in [2.24, 2.45) is 0 Å². The number of piperidine rings is 1. The van der Waals surface area contributed by atoms with Crippen LogP contribution in [-0.2, 0) is 10.0 Å². The first-order chi connectivity index (χ1) is 9.89. The number of sulfonamides is 1. The fourth-order valence-corrected chi connectivity index (χ4v) is 3.98. The SMILES string of the molecule is CCCS(=O)(=O)NC1CCN(c2cc(Cl)nc(N)n2)CC1. The van der Waals surface area contributed by atoms with Gasteiger partial charge in [-0.15, -0.1) is 0 Å². The predicted molar refractivity (Wildman–Crippen MR) is 83.9 cm³/mol. The molecular formula is C12H20ClN5O2S. The van der Waals surface area contributed by atoms with E-state index in [1.165, 1.54) is 0 Å². The molecule has 1 aliphatic heterocycles. The molecule has 0 atom stereocenters. The molecule has 118 valence electrons. The Bertz CT molecular complexity index is 567. The maximum absolute atomic E-state index is 11.8. The zero-order chi connectivity index (χ0) is 15.5. The molecule has 3 N–H and O–H groups in total. The lowest BCUT2D eigenvalue weighted by atomic mass is 10.1. The average molecular weight is 334 g/mol. The van der Waals surface area contributed by atoms with Gasteiger partial charge in [-0.1, -0.05) is 18.5 Å². The minimum atomic E-state index is -3.16. The van der Waals surface area contributed by atoms with Crippen LogP contribution >= 0.6 is 11.6 Å². The van der Waals surface area contributed by atoms with E-state index in [1.54, 1.807) is 6.07 Å². The largest absolute Gasteiger partial charge is 0.368 e. The van der Waals surface area contributed by atoms with Gasteiger partial charge in [0.25, 0.3) is 0 Å². The summed E-state index contributed by atoms with van der Waals surface area (Å²) in [5.41, 5.74) is 5.58. The zero-order valence-corrected chi connectivity index (χ0v) is 13.5. The lowest BCUT2D eigenvalue weighted by Gasteiger charge is -2.33. The first kappa shape index (κ1) is 16.3. The van der Waals surface area contributed by atoms with Crippen molar-refractivity contribution in [2.45, 2.75) is 32.2 Å². The molecule has 0 amide bonds. The lowest BCUT2D eigenvalue weighted by molar-refractivity contribution is 0.458. The Kier molecular flexibility index (Phi) is 5.23. The molecule has 21 heavy (non-hydrogen) atoms. The highest BCUT2D eigenvalue weighted by atomic mass is 35.5. The Morgan fingerprint density at radius 1 is 1.43 bits per heavy atom. The van der Waals surface area contributed by atoms with Gasteiger partial charge in [-0.25, -0.2) is 18.1 Å². The monoisotopic (exact) mass is 333 g/mol. The van der Waals surface area contributed by atoms with Crippen LogP contribution in [0.5, 0.6) is 0 Å². The molecule has 1 aliphatic rings. The van der Waals surface area contributed by atoms with E-state index in [1.807, 2.05) is 11.8 Å². The van der Waals surface area contributed by atoms with Gasteiger partial charge in [0.2, 0.25) is 16.0 Å². The van der Waals surface area contributed by atoms with Crippen LogP contribution in [0.2, 0.25) is 5.15 Å². The maximum atomic E-state index is 11.8. The van der Waals surface area contributed by atoms with E-state index in [2.05, 4.69) is 14.7 Å². The van der Waals surface area contributed by atoms with Gasteiger partial charge in [-0.2, -0.15) is 4.98 Å². The molecule has 1 fully saturated rings. The quantitative estimate of drug-likeness (QED) is 0.780. The molecule has 0 spiro atoms. The van der Waals surface area contributed by atoms with Gasteiger partial charge in [-0.05, 0) is 19.3 Å². The van der Waals surface area contributed by atoms with Crippen molar-refractivity contribution in [3.8, 4) is 0 Å². The fourth-order valence-electron chi connectivity index (χ4n) is 2.39. The highest BCUT2D eigenvalue weighted by Gasteiger charge is 2.24. The van der Waals surface area contributed by atoms with Crippen LogP contribution < -0.4 is 15.4 Å². The molecule has 0 saturated carbocycles. The van der Waals surface area contributed by atoms with Crippen molar-refractivity contribution in [3.05, 3.63) is 11.2 Å². The highest BCUT2D eigenvalue weighted by Crippen LogP contribution is 2.21. The Balaban J connectivity index is 1.94. The van der Waals surface area contributed by atoms with E-state index >= 15 is 0 Å². The van der Waals surface area contributed by atoms with E-state index in [0.717, 1.165) is 12.8 Å². The summed E-state index contributed by atoms with van der Waals surface area (Å²) in [5.74, 6) is 0.997. The number of anilines is 2. The van der Waals surface area contributed by atoms with E-state index < -0.39 is 10.0 Å². The fraction of sp³-hybridized carbons (Fsp3) is 0.667. The van der Waals surface area contributed by atoms with E-state index in [0.29, 0.717) is 30.5 Å². The van der Waals surface area contributed by atoms with Crippen molar-refractivity contribution in [2.75, 3.05) is 29.5 Å². The molecule has 7 nitrogen and oxygen atoms in total. The molecule has 1 aromatic rings. The Morgan fingerprint density at radius 3 is 2.67 bits per heavy atom. The predicted octanol–water partition coefficient (Wildman–Crippen LogP) is 1.01. The van der Waals surface area contributed by atoms with Gasteiger partial charge in [0, 0.05) is 25.2 Å². The smallest absolute Gasteiger partial charge is 0.223 e. The van der Waals surface area contributed by atoms with E-state index in [9.17, 15) is 8.42 Å². The van der Waals surface area contributed by atoms with Gasteiger partial charge in [0.15, 0.2) is 0 Å². The normalized spacial score (nSPS) is 17.1. The Hall–Kier alpha value is -1.12. The third-order valence-electron chi connectivity index (χ3n) is 3.34. The molecule has 1 saturated heterocycles. The number of nitrogens with two attached hydrogens (primary N) is 1. The van der Waals surface area contributed by atoms with Gasteiger partial charge in [0.05, 0.1) is 5.75 Å². The van der Waals surface area contributed by atoms with Gasteiger partial charge in [-0.3, -0.25) is 0 Å². The molecule has 9 heteroatoms. The first-order valence-electron chi connectivity index (χ1n) is 6.94. The van der Waals surface area contributed by atoms with Crippen molar-refractivity contribution in [1.82, 2.24) is 14.7 Å². The standard InChI is InChI=1S/C12H20ClN5O2S/c1-2-7-21(19,20)17-9-3-5-18(6-4-9)11-8-10(13)15-12(14)16-11/h8-9,17H,2-7H2,1H3,(H2,14,15,16). The number of hydrogen-bond acceptors (Lipinski definition) is 6. The molecule has 2 rings (SSSR count). The Labute approximate surface area is 129 Å². The van der Waals surface area contributed by atoms with Crippen LogP contribution in [0.3, 0.4) is 0 Å². The van der Waals surface area contributed by atoms with Crippen molar-refractivity contribution in [1.29, 1.82) is 0 Å². The summed E-state index contributed by atoms with van der Waals surface area (Å²) in [4.78, 5) is 10.0. The third-order valence-corrected chi connectivity index (χ3v) is 5.17. The lowest BCUT2D eigenvalue weighted by Crippen LogP contribution is -2.45. The second-order valence-electron chi connectivity index (χ2n) is 5.11. The van der Waals surface area contributed by atoms with Crippen LogP contribution in [0, 0.1) is 0 Å². The molecule has 0 bridgehead atoms. The van der Waals surface area contributed by atoms with E-state index in [4.69, 9.17) is 17.3 Å². The van der Waals surface area contributed by atoms with Gasteiger partial charge >= 0.3 is 0 Å². The number of hydrogen-bond donors (Lipinski definition) is 2. The summed E-state index contributed by atoms with van der Waals surface area (Å²) in [5, 5.41) is 0.309. The minimum absolute atomic E-state index is 0.0209. The number of nitrogens with zero attached hydrogens (tertiary/aromatic N) is 3. The van der Waals surface area contributed by atoms with Crippen molar-refractivity contribution < 1.29 is 8.42 Å². The first-order valence-corrected chi connectivity index (χ1v) is 8.97. The summed E-state index contributed by atoms with van der Waals surface area (Å²) < 4.78 is 26.3. The molecule has 2 heterocycles. The van der Waals surface area contributed by atoms with Gasteiger partial charge < -0.3 is 10.6 Å². The number of rotatable bonds is 5. The van der Waals surface area contributed by atoms with Crippen LogP contribution in [0.25, 0.3) is 0 Å². The molecular weight excluding hydrogens is 314 g/mol. The van der Waals surface area contributed by atoms with E-state index in [-0.39, 0.29) is 17.7 Å². The molecule has 0 aliphatic carbocycles. The summed E-state index contributed by atoms with van der Waals surface area (Å²) in [6.07, 6.45) is 2.07. The second-order valence-corrected chi connectivity index (χ2v) is 7.37. The minimum Gasteiger partial charge on any atom is -0.368 e. The second kappa shape index (κ2) is 6.76. The Morgan fingerprint density at radius 2 is 2.10 bits per heavy atom. The summed E-state index contributed by atoms with van der Waals surface area (Å²) in [6, 6.07) is 1.65. The summed E-state index contributed by atoms with van der Waals surface area (Å²) in [6.45, 7) is 3.25. The van der Waals surface area contributed by atoms with Crippen molar-refractivity contribution >= 4 is 33.4 Å². The number of halogens is 1. The van der Waals surface area contributed by atoms with Crippen LogP contribution in [-0.4, -0.2) is 43.3 Å². The van der Waals surface area contributed by atoms with Crippen molar-refractivity contribution in [3.63, 3.8) is 0 Å². The maximum Gasteiger partial charge on any atom is 0.223 e. The molecule has 0 unspecified atom stereocenters. The molecule has 1 aromatic heterocycles. The average Bonchev–Trinajstić information content (AvgIpc) is 2.37. The zero-order valence-electron chi connectivity index (χ0n) is 11.9. The highest BCUT2D eigenvalue weighted by molar-refractivity contribution is 7.89. The third kappa shape index (κ3) is 4.69. The number of nitrogens with one attached hydrogen (secondary N) is 1. The topological polar surface area (TPSA) is 101 Å². The van der Waals surface area contributed by atoms with Gasteiger partial charge in [0.1, 0.15) is 11.0 Å². The van der Waals surface area contributed by atoms with Crippen LogP contribution in [0.15, 0.2) is 6.07 Å². The summed E-state index contributed by atoms with van der Waals surface area (Å²) in [7, 11) is -3.16. The molecule has 0 radical (unpaired) electrons. The molecule has 0 aromatic carbocycles. The number of nitrogen functional groups attached to an aromatic ring is 1. The number of aromatic nitrogens is 2. The summed E-state index contributed by atoms with van der Waals surface area (Å²) >= 11 is 5.87. The van der Waals surface area contributed by atoms with Crippen LogP contribution in [0.1, 0.15) is 26.2 Å².